The van der Waals surface area contributed by atoms with Crippen LogP contribution in [0.5, 0.6) is 0 Å². The van der Waals surface area contributed by atoms with E-state index in [4.69, 9.17) is 34.8 Å². The number of anilines is 1. The number of nitrogens with one attached hydrogen (secondary N) is 1. The first kappa shape index (κ1) is 13.2. The molecular formula is C13H8Cl3NO. The molecule has 1 amide bonds. The number of hydrogen-bond acceptors (Lipinski definition) is 1. The van der Waals surface area contributed by atoms with Crippen LogP contribution in [0.4, 0.5) is 5.69 Å². The van der Waals surface area contributed by atoms with Gasteiger partial charge in [-0.1, -0.05) is 34.8 Å². The summed E-state index contributed by atoms with van der Waals surface area (Å²) in [6.07, 6.45) is 0. The molecule has 0 spiro atoms. The Bertz CT molecular complexity index is 581. The minimum absolute atomic E-state index is 0.231. The maximum absolute atomic E-state index is 11.9. The molecule has 5 heteroatoms. The quantitative estimate of drug-likeness (QED) is 0.840. The van der Waals surface area contributed by atoms with E-state index in [1.54, 1.807) is 42.5 Å². The second kappa shape index (κ2) is 5.61. The third kappa shape index (κ3) is 3.16. The van der Waals surface area contributed by atoms with Gasteiger partial charge in [-0.25, -0.2) is 0 Å². The molecule has 2 aromatic rings. The van der Waals surface area contributed by atoms with E-state index in [1.165, 1.54) is 0 Å². The van der Waals surface area contributed by atoms with Crippen molar-refractivity contribution >= 4 is 46.4 Å². The van der Waals surface area contributed by atoms with Crippen LogP contribution in [0.2, 0.25) is 15.1 Å². The van der Waals surface area contributed by atoms with Crippen LogP contribution in [-0.4, -0.2) is 5.91 Å². The topological polar surface area (TPSA) is 29.1 Å². The third-order valence-corrected chi connectivity index (χ3v) is 3.27. The van der Waals surface area contributed by atoms with Crippen molar-refractivity contribution in [2.45, 2.75) is 0 Å². The van der Waals surface area contributed by atoms with Crippen LogP contribution in [0.25, 0.3) is 0 Å². The van der Waals surface area contributed by atoms with Crippen molar-refractivity contribution in [2.75, 3.05) is 5.32 Å². The molecule has 0 aromatic heterocycles. The van der Waals surface area contributed by atoms with Gasteiger partial charge in [0.15, 0.2) is 0 Å². The Labute approximate surface area is 119 Å². The highest BCUT2D eigenvalue weighted by Crippen LogP contribution is 2.25. The fourth-order valence-corrected chi connectivity index (χ4v) is 1.80. The lowest BCUT2D eigenvalue weighted by molar-refractivity contribution is 0.102. The van der Waals surface area contributed by atoms with Crippen molar-refractivity contribution < 1.29 is 4.79 Å². The summed E-state index contributed by atoms with van der Waals surface area (Å²) >= 11 is 17.4. The van der Waals surface area contributed by atoms with Crippen LogP contribution in [0, 0.1) is 0 Å². The van der Waals surface area contributed by atoms with Crippen molar-refractivity contribution in [2.24, 2.45) is 0 Å². The molecule has 18 heavy (non-hydrogen) atoms. The predicted molar refractivity (Wildman–Crippen MR) is 75.9 cm³/mol. The Hall–Kier alpha value is -1.22. The first-order valence-corrected chi connectivity index (χ1v) is 6.21. The average molecular weight is 301 g/mol. The number of hydrogen-bond donors (Lipinski definition) is 1. The van der Waals surface area contributed by atoms with Crippen molar-refractivity contribution in [1.82, 2.24) is 0 Å². The van der Waals surface area contributed by atoms with Gasteiger partial charge in [0, 0.05) is 16.3 Å². The largest absolute Gasteiger partial charge is 0.322 e. The van der Waals surface area contributed by atoms with Gasteiger partial charge in [-0.2, -0.15) is 0 Å². The Kier molecular flexibility index (Phi) is 4.12. The standard InChI is InChI=1S/C13H8Cl3NO/c14-9-3-1-8(2-4-9)13(18)17-10-5-6-11(15)12(16)7-10/h1-7H,(H,17,18). The lowest BCUT2D eigenvalue weighted by atomic mass is 10.2. The molecule has 0 fully saturated rings. The zero-order valence-electron chi connectivity index (χ0n) is 9.08. The molecule has 2 aromatic carbocycles. The number of rotatable bonds is 2. The van der Waals surface area contributed by atoms with E-state index in [0.29, 0.717) is 26.3 Å². The van der Waals surface area contributed by atoms with Crippen molar-refractivity contribution in [1.29, 1.82) is 0 Å². The van der Waals surface area contributed by atoms with E-state index in [2.05, 4.69) is 5.32 Å². The van der Waals surface area contributed by atoms with E-state index in [-0.39, 0.29) is 5.91 Å². The summed E-state index contributed by atoms with van der Waals surface area (Å²) in [5.41, 5.74) is 1.11. The maximum Gasteiger partial charge on any atom is 0.255 e. The molecule has 0 bridgehead atoms. The number of halogens is 3. The maximum atomic E-state index is 11.9. The summed E-state index contributed by atoms with van der Waals surface area (Å²) in [6, 6.07) is 11.5. The van der Waals surface area contributed by atoms with Crippen LogP contribution in [0.15, 0.2) is 42.5 Å². The fourth-order valence-electron chi connectivity index (χ4n) is 1.38. The second-order valence-corrected chi connectivity index (χ2v) is 4.84. The summed E-state index contributed by atoms with van der Waals surface area (Å²) < 4.78 is 0. The molecule has 0 aliphatic carbocycles. The van der Waals surface area contributed by atoms with Gasteiger partial charge < -0.3 is 5.32 Å². The Morgan fingerprint density at radius 3 is 2.17 bits per heavy atom. The molecular weight excluding hydrogens is 293 g/mol. The second-order valence-electron chi connectivity index (χ2n) is 3.59. The lowest BCUT2D eigenvalue weighted by Crippen LogP contribution is -2.11. The fraction of sp³-hybridized carbons (Fsp3) is 0. The predicted octanol–water partition coefficient (Wildman–Crippen LogP) is 4.90. The molecule has 0 atom stereocenters. The zero-order valence-corrected chi connectivity index (χ0v) is 11.4. The lowest BCUT2D eigenvalue weighted by Gasteiger charge is -2.06. The molecule has 92 valence electrons. The monoisotopic (exact) mass is 299 g/mol. The number of benzene rings is 2. The van der Waals surface area contributed by atoms with E-state index >= 15 is 0 Å². The highest BCUT2D eigenvalue weighted by Gasteiger charge is 2.07. The van der Waals surface area contributed by atoms with Crippen molar-refractivity contribution in [3.05, 3.63) is 63.1 Å². The zero-order chi connectivity index (χ0) is 13.1. The van der Waals surface area contributed by atoms with Gasteiger partial charge in [-0.05, 0) is 42.5 Å². The normalized spacial score (nSPS) is 10.2. The summed E-state index contributed by atoms with van der Waals surface area (Å²) in [7, 11) is 0. The van der Waals surface area contributed by atoms with Gasteiger partial charge in [-0.3, -0.25) is 4.79 Å². The Balaban J connectivity index is 2.16. The van der Waals surface area contributed by atoms with Crippen LogP contribution >= 0.6 is 34.8 Å². The van der Waals surface area contributed by atoms with Gasteiger partial charge in [0.05, 0.1) is 10.0 Å². The van der Waals surface area contributed by atoms with Crippen LogP contribution in [0.3, 0.4) is 0 Å². The highest BCUT2D eigenvalue weighted by molar-refractivity contribution is 6.42. The average Bonchev–Trinajstić information content (AvgIpc) is 2.34. The van der Waals surface area contributed by atoms with Gasteiger partial charge in [0.2, 0.25) is 0 Å². The summed E-state index contributed by atoms with van der Waals surface area (Å²) in [5, 5.41) is 4.14. The minimum atomic E-state index is -0.231. The van der Waals surface area contributed by atoms with Crippen LogP contribution in [-0.2, 0) is 0 Å². The van der Waals surface area contributed by atoms with Gasteiger partial charge in [-0.15, -0.1) is 0 Å². The molecule has 0 heterocycles. The van der Waals surface area contributed by atoms with E-state index in [9.17, 15) is 4.79 Å². The molecule has 0 saturated carbocycles. The SMILES string of the molecule is O=C(Nc1ccc(Cl)c(Cl)c1)c1ccc(Cl)cc1. The number of carbonyl (C=O) groups excluding carboxylic acids is 1. The summed E-state index contributed by atoms with van der Waals surface area (Å²) in [4.78, 5) is 11.9. The van der Waals surface area contributed by atoms with Crippen molar-refractivity contribution in [3.8, 4) is 0 Å². The molecule has 1 N–H and O–H groups in total. The van der Waals surface area contributed by atoms with E-state index < -0.39 is 0 Å². The third-order valence-electron chi connectivity index (χ3n) is 2.28. The number of carbonyl (C=O) groups is 1. The molecule has 0 saturated heterocycles. The van der Waals surface area contributed by atoms with Crippen molar-refractivity contribution in [3.63, 3.8) is 0 Å². The Morgan fingerprint density at radius 1 is 0.889 bits per heavy atom. The highest BCUT2D eigenvalue weighted by atomic mass is 35.5. The molecule has 0 unspecified atom stereocenters. The van der Waals surface area contributed by atoms with Crippen LogP contribution < -0.4 is 5.32 Å². The molecule has 0 aliphatic heterocycles. The van der Waals surface area contributed by atoms with Crippen LogP contribution in [0.1, 0.15) is 10.4 Å². The summed E-state index contributed by atoms with van der Waals surface area (Å²) in [6.45, 7) is 0. The number of amides is 1. The van der Waals surface area contributed by atoms with Gasteiger partial charge in [0.1, 0.15) is 0 Å². The first-order chi connectivity index (χ1) is 8.56. The summed E-state index contributed by atoms with van der Waals surface area (Å²) in [5.74, 6) is -0.231. The van der Waals surface area contributed by atoms with Gasteiger partial charge >= 0.3 is 0 Å². The first-order valence-electron chi connectivity index (χ1n) is 5.08. The Morgan fingerprint density at radius 2 is 1.56 bits per heavy atom. The molecule has 0 aliphatic rings. The molecule has 0 radical (unpaired) electrons. The van der Waals surface area contributed by atoms with Gasteiger partial charge in [0.25, 0.3) is 5.91 Å². The molecule has 2 rings (SSSR count). The smallest absolute Gasteiger partial charge is 0.255 e. The van der Waals surface area contributed by atoms with E-state index in [1.807, 2.05) is 0 Å². The van der Waals surface area contributed by atoms with E-state index in [0.717, 1.165) is 0 Å². The molecule has 2 nitrogen and oxygen atoms in total. The minimum Gasteiger partial charge on any atom is -0.322 e.